The number of carbonyl (C=O) groups excluding carboxylic acids is 4. The minimum atomic E-state index is -1.31. The Morgan fingerprint density at radius 3 is 2.28 bits per heavy atom. The number of carbonyl (C=O) groups is 4. The molecule has 264 valence electrons. The predicted molar refractivity (Wildman–Crippen MR) is 190 cm³/mol. The van der Waals surface area contributed by atoms with Gasteiger partial charge in [0.05, 0.1) is 24.6 Å². The quantitative estimate of drug-likeness (QED) is 0.132. The Morgan fingerprint density at radius 2 is 1.60 bits per heavy atom. The molecule has 12 heteroatoms. The summed E-state index contributed by atoms with van der Waals surface area (Å²) in [6.45, 7) is 6.30. The third kappa shape index (κ3) is 9.56. The fourth-order valence-corrected chi connectivity index (χ4v) is 6.25. The van der Waals surface area contributed by atoms with E-state index in [9.17, 15) is 24.3 Å². The number of aromatic amines is 1. The first-order valence-electron chi connectivity index (χ1n) is 16.8. The standard InChI is InChI=1S/C38H46N6O6/c1-38(2,3)43-36(48)34-33-27(26-16-10-11-17-29(26)40-33)18-19-44(34)22-31(45)30(20-24-12-6-4-7-13-24)41-35(47)28(39)21-32(46)42-37(49)50-23-25-14-8-5-9-15-25/h4-17,28,30-31,34,40,45H,18-23,39H2,1-3H3,(H,41,47)(H,43,48)(H,42,46,49)/t28-,30?,31?,34?/m0/s1. The van der Waals surface area contributed by atoms with Gasteiger partial charge in [0.15, 0.2) is 0 Å². The zero-order valence-electron chi connectivity index (χ0n) is 28.6. The van der Waals surface area contributed by atoms with E-state index in [2.05, 4.69) is 20.9 Å². The second-order valence-corrected chi connectivity index (χ2v) is 13.7. The van der Waals surface area contributed by atoms with E-state index in [1.54, 1.807) is 24.3 Å². The van der Waals surface area contributed by atoms with Crippen molar-refractivity contribution in [2.45, 2.75) is 76.4 Å². The van der Waals surface area contributed by atoms with Gasteiger partial charge in [-0.05, 0) is 56.4 Å². The van der Waals surface area contributed by atoms with Crippen LogP contribution in [0, 0.1) is 0 Å². The number of fused-ring (bicyclic) bond motifs is 3. The number of hydrogen-bond donors (Lipinski definition) is 6. The second kappa shape index (κ2) is 16.1. The molecule has 7 N–H and O–H groups in total. The number of imide groups is 1. The summed E-state index contributed by atoms with van der Waals surface area (Å²) < 4.78 is 5.09. The van der Waals surface area contributed by atoms with Gasteiger partial charge in [-0.25, -0.2) is 4.79 Å². The van der Waals surface area contributed by atoms with E-state index in [4.69, 9.17) is 10.5 Å². The van der Waals surface area contributed by atoms with Crippen LogP contribution in [0.2, 0.25) is 0 Å². The van der Waals surface area contributed by atoms with E-state index >= 15 is 0 Å². The number of aliphatic hydroxyl groups is 1. The van der Waals surface area contributed by atoms with Crippen molar-refractivity contribution in [2.75, 3.05) is 13.1 Å². The molecule has 5 rings (SSSR count). The molecule has 0 spiro atoms. The molecule has 4 amide bonds. The monoisotopic (exact) mass is 682 g/mol. The van der Waals surface area contributed by atoms with Crippen LogP contribution in [0.15, 0.2) is 84.9 Å². The van der Waals surface area contributed by atoms with Gasteiger partial charge in [0, 0.05) is 35.2 Å². The molecular weight excluding hydrogens is 636 g/mol. The molecule has 3 unspecified atom stereocenters. The zero-order chi connectivity index (χ0) is 35.8. The minimum Gasteiger partial charge on any atom is -0.444 e. The normalized spacial score (nSPS) is 16.5. The molecule has 0 radical (unpaired) electrons. The van der Waals surface area contributed by atoms with Crippen molar-refractivity contribution in [1.29, 1.82) is 0 Å². The summed E-state index contributed by atoms with van der Waals surface area (Å²) in [7, 11) is 0. The van der Waals surface area contributed by atoms with Gasteiger partial charge >= 0.3 is 6.09 Å². The third-order valence-electron chi connectivity index (χ3n) is 8.59. The van der Waals surface area contributed by atoms with E-state index in [0.717, 1.165) is 33.3 Å². The number of nitrogens with one attached hydrogen (secondary N) is 4. The number of aliphatic hydroxyl groups excluding tert-OH is 1. The zero-order valence-corrected chi connectivity index (χ0v) is 28.6. The van der Waals surface area contributed by atoms with Gasteiger partial charge in [-0.2, -0.15) is 0 Å². The molecule has 1 aromatic heterocycles. The van der Waals surface area contributed by atoms with Crippen LogP contribution in [-0.4, -0.2) is 75.6 Å². The van der Waals surface area contributed by atoms with Crippen molar-refractivity contribution in [3.05, 3.63) is 107 Å². The Bertz CT molecular complexity index is 1790. The van der Waals surface area contributed by atoms with Crippen LogP contribution in [0.5, 0.6) is 0 Å². The Kier molecular flexibility index (Phi) is 11.7. The summed E-state index contributed by atoms with van der Waals surface area (Å²) in [5.74, 6) is -1.64. The summed E-state index contributed by atoms with van der Waals surface area (Å²) >= 11 is 0. The minimum absolute atomic E-state index is 0.0249. The molecule has 1 aliphatic heterocycles. The number of nitrogens with zero attached hydrogens (tertiary/aromatic N) is 1. The largest absolute Gasteiger partial charge is 0.444 e. The number of ether oxygens (including phenoxy) is 1. The van der Waals surface area contributed by atoms with Gasteiger partial charge in [0.25, 0.3) is 0 Å². The molecule has 12 nitrogen and oxygen atoms in total. The van der Waals surface area contributed by atoms with Crippen LogP contribution in [0.25, 0.3) is 10.9 Å². The highest BCUT2D eigenvalue weighted by Gasteiger charge is 2.39. The summed E-state index contributed by atoms with van der Waals surface area (Å²) in [6.07, 6.45) is -1.62. The number of H-pyrrole nitrogens is 1. The van der Waals surface area contributed by atoms with Crippen molar-refractivity contribution in [3.8, 4) is 0 Å². The maximum atomic E-state index is 13.9. The molecule has 0 bridgehead atoms. The lowest BCUT2D eigenvalue weighted by molar-refractivity contribution is -0.130. The maximum absolute atomic E-state index is 13.9. The number of amides is 4. The van der Waals surface area contributed by atoms with Gasteiger partial charge in [-0.1, -0.05) is 78.9 Å². The molecule has 2 heterocycles. The van der Waals surface area contributed by atoms with Crippen LogP contribution in [-0.2, 0) is 38.6 Å². The summed E-state index contributed by atoms with van der Waals surface area (Å²) in [5, 5.41) is 20.8. The lowest BCUT2D eigenvalue weighted by Crippen LogP contribution is -2.56. The highest BCUT2D eigenvalue weighted by Crippen LogP contribution is 2.35. The first kappa shape index (κ1) is 36.2. The van der Waals surface area contributed by atoms with E-state index in [-0.39, 0.29) is 25.5 Å². The molecule has 0 saturated carbocycles. The predicted octanol–water partition coefficient (Wildman–Crippen LogP) is 3.24. The van der Waals surface area contributed by atoms with Crippen molar-refractivity contribution < 1.29 is 29.0 Å². The highest BCUT2D eigenvalue weighted by atomic mass is 16.5. The number of rotatable bonds is 12. The molecule has 4 atom stereocenters. The first-order valence-corrected chi connectivity index (χ1v) is 16.8. The number of para-hydroxylation sites is 1. The molecule has 4 aromatic rings. The third-order valence-corrected chi connectivity index (χ3v) is 8.59. The average Bonchev–Trinajstić information content (AvgIpc) is 3.45. The van der Waals surface area contributed by atoms with Gasteiger partial charge < -0.3 is 31.2 Å². The number of β-amino-alcohol motifs (C(OH)–C–C–N with tert-alkyl or cyclic N) is 1. The molecule has 0 aliphatic carbocycles. The van der Waals surface area contributed by atoms with Crippen molar-refractivity contribution in [3.63, 3.8) is 0 Å². The highest BCUT2D eigenvalue weighted by molar-refractivity contribution is 5.95. The Hall–Kier alpha value is -5.04. The second-order valence-electron chi connectivity index (χ2n) is 13.7. The molecule has 50 heavy (non-hydrogen) atoms. The summed E-state index contributed by atoms with van der Waals surface area (Å²) in [4.78, 5) is 57.3. The Labute approximate surface area is 291 Å². The lowest BCUT2D eigenvalue weighted by Gasteiger charge is -2.38. The smallest absolute Gasteiger partial charge is 0.414 e. The molecule has 0 saturated heterocycles. The van der Waals surface area contributed by atoms with Crippen molar-refractivity contribution in [1.82, 2.24) is 25.8 Å². The van der Waals surface area contributed by atoms with Gasteiger partial charge in [0.2, 0.25) is 17.7 Å². The number of aromatic nitrogens is 1. The van der Waals surface area contributed by atoms with Gasteiger partial charge in [-0.3, -0.25) is 24.6 Å². The van der Waals surface area contributed by atoms with Crippen LogP contribution < -0.4 is 21.7 Å². The lowest BCUT2D eigenvalue weighted by atomic mass is 9.94. The first-order chi connectivity index (χ1) is 23.9. The van der Waals surface area contributed by atoms with Crippen LogP contribution in [0.1, 0.15) is 55.6 Å². The number of nitrogens with two attached hydrogens (primary N) is 1. The van der Waals surface area contributed by atoms with Crippen molar-refractivity contribution in [2.24, 2.45) is 5.73 Å². The molecular formula is C38H46N6O6. The summed E-state index contributed by atoms with van der Waals surface area (Å²) in [6, 6.07) is 23.5. The van der Waals surface area contributed by atoms with Crippen molar-refractivity contribution >= 4 is 34.7 Å². The fraction of sp³-hybridized carbons (Fsp3) is 0.368. The molecule has 3 aromatic carbocycles. The van der Waals surface area contributed by atoms with E-state index in [1.165, 1.54) is 0 Å². The van der Waals surface area contributed by atoms with Crippen LogP contribution in [0.3, 0.4) is 0 Å². The fourth-order valence-electron chi connectivity index (χ4n) is 6.25. The topological polar surface area (TPSA) is 179 Å². The SMILES string of the molecule is CC(C)(C)NC(=O)C1c2[nH]c3ccccc3c2CCN1CC(O)C(Cc1ccccc1)NC(=O)[C@@H](N)CC(=O)NC(=O)OCc1ccccc1. The molecule has 0 fully saturated rings. The van der Waals surface area contributed by atoms with Gasteiger partial charge in [0.1, 0.15) is 12.6 Å². The van der Waals surface area contributed by atoms with E-state index in [0.29, 0.717) is 13.0 Å². The Morgan fingerprint density at radius 1 is 0.960 bits per heavy atom. The maximum Gasteiger partial charge on any atom is 0.414 e. The number of alkyl carbamates (subject to hydrolysis) is 1. The average molecular weight is 683 g/mol. The number of benzene rings is 3. The number of hydrogen-bond acceptors (Lipinski definition) is 8. The van der Waals surface area contributed by atoms with E-state index in [1.807, 2.05) is 86.3 Å². The van der Waals surface area contributed by atoms with Gasteiger partial charge in [-0.15, -0.1) is 0 Å². The summed E-state index contributed by atoms with van der Waals surface area (Å²) in [5.41, 5.74) is 10.0. The van der Waals surface area contributed by atoms with E-state index < -0.39 is 54.1 Å². The molecule has 1 aliphatic rings. The van der Waals surface area contributed by atoms with Crippen LogP contribution >= 0.6 is 0 Å². The van der Waals surface area contributed by atoms with Crippen LogP contribution in [0.4, 0.5) is 4.79 Å². The Balaban J connectivity index is 1.28.